The Balaban J connectivity index is 1.85. The van der Waals surface area contributed by atoms with Crippen LogP contribution in [0.3, 0.4) is 0 Å². The highest BCUT2D eigenvalue weighted by atomic mass is 32.2. The van der Waals surface area contributed by atoms with E-state index in [9.17, 15) is 13.2 Å². The van der Waals surface area contributed by atoms with Crippen LogP contribution in [0, 0.1) is 6.92 Å². The van der Waals surface area contributed by atoms with Gasteiger partial charge in [-0.2, -0.15) is 0 Å². The Morgan fingerprint density at radius 3 is 2.67 bits per heavy atom. The van der Waals surface area contributed by atoms with Gasteiger partial charge < -0.3 is 4.74 Å². The third-order valence-corrected chi connectivity index (χ3v) is 5.75. The summed E-state index contributed by atoms with van der Waals surface area (Å²) in [6.45, 7) is 1.98. The molecule has 0 spiro atoms. The van der Waals surface area contributed by atoms with E-state index in [0.717, 1.165) is 17.4 Å². The lowest BCUT2D eigenvalue weighted by Crippen LogP contribution is -2.12. The monoisotopic (exact) mass is 402 g/mol. The number of rotatable bonds is 5. The number of thiazole rings is 1. The maximum absolute atomic E-state index is 12.5. The van der Waals surface area contributed by atoms with Gasteiger partial charge in [0.1, 0.15) is 5.75 Å². The molecule has 8 heteroatoms. The predicted molar refractivity (Wildman–Crippen MR) is 106 cm³/mol. The Morgan fingerprint density at radius 1 is 1.19 bits per heavy atom. The van der Waals surface area contributed by atoms with Crippen LogP contribution in [-0.2, 0) is 9.84 Å². The minimum atomic E-state index is -3.38. The number of methoxy groups -OCH3 is 1. The van der Waals surface area contributed by atoms with Gasteiger partial charge in [-0.05, 0) is 37.3 Å². The molecular weight excluding hydrogens is 384 g/mol. The van der Waals surface area contributed by atoms with Gasteiger partial charge in [-0.15, -0.1) is 11.3 Å². The second-order valence-corrected chi connectivity index (χ2v) is 8.87. The largest absolute Gasteiger partial charge is 0.496 e. The summed E-state index contributed by atoms with van der Waals surface area (Å²) in [5.74, 6) is 0.280. The number of nitrogens with zero attached hydrogens (tertiary/aromatic N) is 1. The lowest BCUT2D eigenvalue weighted by atomic mass is 10.1. The first-order chi connectivity index (χ1) is 12.8. The van der Waals surface area contributed by atoms with E-state index in [2.05, 4.69) is 10.3 Å². The normalized spacial score (nSPS) is 11.2. The highest BCUT2D eigenvalue weighted by Gasteiger charge is 2.15. The van der Waals surface area contributed by atoms with Gasteiger partial charge in [0.25, 0.3) is 5.91 Å². The van der Waals surface area contributed by atoms with Crippen molar-refractivity contribution in [3.8, 4) is 17.0 Å². The van der Waals surface area contributed by atoms with Gasteiger partial charge in [-0.1, -0.05) is 17.7 Å². The zero-order valence-electron chi connectivity index (χ0n) is 15.0. The lowest BCUT2D eigenvalue weighted by Gasteiger charge is -2.07. The number of benzene rings is 2. The molecule has 0 saturated heterocycles. The van der Waals surface area contributed by atoms with Crippen molar-refractivity contribution in [2.24, 2.45) is 0 Å². The average Bonchev–Trinajstić information content (AvgIpc) is 3.09. The van der Waals surface area contributed by atoms with E-state index >= 15 is 0 Å². The minimum Gasteiger partial charge on any atom is -0.496 e. The van der Waals surface area contributed by atoms with Crippen LogP contribution >= 0.6 is 11.3 Å². The van der Waals surface area contributed by atoms with E-state index in [-0.39, 0.29) is 10.5 Å². The number of amides is 1. The van der Waals surface area contributed by atoms with Crippen LogP contribution < -0.4 is 10.1 Å². The Bertz CT molecular complexity index is 1100. The van der Waals surface area contributed by atoms with Gasteiger partial charge in [0, 0.05) is 22.8 Å². The number of ether oxygens (including phenoxy) is 1. The maximum Gasteiger partial charge on any atom is 0.257 e. The first-order valence-electron chi connectivity index (χ1n) is 8.00. The Kier molecular flexibility index (Phi) is 5.29. The number of aryl methyl sites for hydroxylation is 1. The lowest BCUT2D eigenvalue weighted by molar-refractivity contribution is 0.102. The summed E-state index contributed by atoms with van der Waals surface area (Å²) in [4.78, 5) is 17.0. The van der Waals surface area contributed by atoms with Gasteiger partial charge in [0.15, 0.2) is 15.0 Å². The van der Waals surface area contributed by atoms with Crippen LogP contribution in [-0.4, -0.2) is 32.7 Å². The molecule has 3 rings (SSSR count). The molecule has 1 N–H and O–H groups in total. The number of hydrogen-bond acceptors (Lipinski definition) is 6. The van der Waals surface area contributed by atoms with Crippen molar-refractivity contribution in [1.29, 1.82) is 0 Å². The molecule has 0 bridgehead atoms. The molecule has 0 radical (unpaired) electrons. The van der Waals surface area contributed by atoms with Crippen LogP contribution in [0.25, 0.3) is 11.3 Å². The van der Waals surface area contributed by atoms with Crippen molar-refractivity contribution in [2.75, 3.05) is 18.7 Å². The first-order valence-corrected chi connectivity index (χ1v) is 10.8. The molecule has 0 aliphatic carbocycles. The van der Waals surface area contributed by atoms with Crippen LogP contribution in [0.15, 0.2) is 52.7 Å². The van der Waals surface area contributed by atoms with E-state index < -0.39 is 15.7 Å². The second-order valence-electron chi connectivity index (χ2n) is 6.00. The topological polar surface area (TPSA) is 85.4 Å². The SMILES string of the molecule is COc1ccc(C)cc1-c1csc(NC(=O)c2cccc(S(C)(=O)=O)c2)n1. The van der Waals surface area contributed by atoms with Crippen molar-refractivity contribution in [3.63, 3.8) is 0 Å². The quantitative estimate of drug-likeness (QED) is 0.702. The number of nitrogens with one attached hydrogen (secondary N) is 1. The Morgan fingerprint density at radius 2 is 1.96 bits per heavy atom. The summed E-state index contributed by atoms with van der Waals surface area (Å²) in [6.07, 6.45) is 1.10. The second kappa shape index (κ2) is 7.50. The fraction of sp³-hybridized carbons (Fsp3) is 0.158. The van der Waals surface area contributed by atoms with E-state index in [4.69, 9.17) is 4.74 Å². The van der Waals surface area contributed by atoms with E-state index in [1.54, 1.807) is 13.2 Å². The highest BCUT2D eigenvalue weighted by Crippen LogP contribution is 2.33. The molecular formula is C19H18N2O4S2. The molecule has 0 saturated carbocycles. The van der Waals surface area contributed by atoms with Crippen molar-refractivity contribution >= 4 is 32.2 Å². The number of carbonyl (C=O) groups excluding carboxylic acids is 1. The van der Waals surface area contributed by atoms with Crippen molar-refractivity contribution in [3.05, 3.63) is 59.0 Å². The minimum absolute atomic E-state index is 0.0967. The first kappa shape index (κ1) is 19.1. The van der Waals surface area contributed by atoms with Crippen LogP contribution in [0.4, 0.5) is 5.13 Å². The molecule has 6 nitrogen and oxygen atoms in total. The van der Waals surface area contributed by atoms with Crippen LogP contribution in [0.1, 0.15) is 15.9 Å². The molecule has 1 heterocycles. The molecule has 0 unspecified atom stereocenters. The summed E-state index contributed by atoms with van der Waals surface area (Å²) in [6, 6.07) is 11.7. The fourth-order valence-corrected chi connectivity index (χ4v) is 3.89. The zero-order chi connectivity index (χ0) is 19.6. The predicted octanol–water partition coefficient (Wildman–Crippen LogP) is 3.78. The van der Waals surface area contributed by atoms with Gasteiger partial charge in [-0.25, -0.2) is 13.4 Å². The summed E-state index contributed by atoms with van der Waals surface area (Å²) < 4.78 is 28.7. The molecule has 0 aliphatic rings. The molecule has 0 atom stereocenters. The number of sulfone groups is 1. The maximum atomic E-state index is 12.5. The summed E-state index contributed by atoms with van der Waals surface area (Å²) in [7, 11) is -1.79. The fourth-order valence-electron chi connectivity index (χ4n) is 2.51. The summed E-state index contributed by atoms with van der Waals surface area (Å²) >= 11 is 1.29. The highest BCUT2D eigenvalue weighted by molar-refractivity contribution is 7.90. The van der Waals surface area contributed by atoms with Gasteiger partial charge in [-0.3, -0.25) is 10.1 Å². The average molecular weight is 402 g/mol. The number of aromatic nitrogens is 1. The Hall–Kier alpha value is -2.71. The summed E-state index contributed by atoms with van der Waals surface area (Å²) in [5, 5.41) is 4.96. The van der Waals surface area contributed by atoms with Gasteiger partial charge in [0.2, 0.25) is 0 Å². The van der Waals surface area contributed by atoms with Crippen LogP contribution in [0.5, 0.6) is 5.75 Å². The molecule has 2 aromatic carbocycles. The van der Waals surface area contributed by atoms with Crippen molar-refractivity contribution in [2.45, 2.75) is 11.8 Å². The summed E-state index contributed by atoms with van der Waals surface area (Å²) in [5.41, 5.74) is 2.86. The molecule has 0 aliphatic heterocycles. The van der Waals surface area contributed by atoms with Gasteiger partial charge in [0.05, 0.1) is 17.7 Å². The van der Waals surface area contributed by atoms with Crippen LogP contribution in [0.2, 0.25) is 0 Å². The molecule has 27 heavy (non-hydrogen) atoms. The van der Waals surface area contributed by atoms with Gasteiger partial charge >= 0.3 is 0 Å². The van der Waals surface area contributed by atoms with E-state index in [1.165, 1.54) is 29.5 Å². The molecule has 1 aromatic heterocycles. The van der Waals surface area contributed by atoms with E-state index in [1.807, 2.05) is 30.5 Å². The number of anilines is 1. The molecule has 1 amide bonds. The molecule has 3 aromatic rings. The molecule has 140 valence electrons. The zero-order valence-corrected chi connectivity index (χ0v) is 16.6. The van der Waals surface area contributed by atoms with Crippen molar-refractivity contribution in [1.82, 2.24) is 4.98 Å². The number of carbonyl (C=O) groups is 1. The third-order valence-electron chi connectivity index (χ3n) is 3.88. The standard InChI is InChI=1S/C19H18N2O4S2/c1-12-7-8-17(25-2)15(9-12)16-11-26-19(20-16)21-18(22)13-5-4-6-14(10-13)27(3,23)24/h4-11H,1-3H3,(H,20,21,22). The smallest absolute Gasteiger partial charge is 0.257 e. The molecule has 0 fully saturated rings. The third kappa shape index (κ3) is 4.35. The van der Waals surface area contributed by atoms with E-state index in [0.29, 0.717) is 16.6 Å². The Labute approximate surface area is 161 Å². The van der Waals surface area contributed by atoms with Crippen molar-refractivity contribution < 1.29 is 17.9 Å². The number of hydrogen-bond donors (Lipinski definition) is 1.